The molecule has 4 rings (SSSR count). The molecule has 144 valence electrons. The second-order valence-electron chi connectivity index (χ2n) is 5.52. The quantitative estimate of drug-likeness (QED) is 0.243. The molecule has 0 atom stereocenters. The van der Waals surface area contributed by atoms with E-state index in [1.807, 2.05) is 60.7 Å². The van der Waals surface area contributed by atoms with E-state index in [-0.39, 0.29) is 34.1 Å². The van der Waals surface area contributed by atoms with Gasteiger partial charge in [-0.3, -0.25) is 0 Å². The maximum Gasteiger partial charge on any atom is 0 e. The zero-order valence-corrected chi connectivity index (χ0v) is 17.3. The summed E-state index contributed by atoms with van der Waals surface area (Å²) < 4.78 is 0. The minimum absolute atomic E-state index is 0. The van der Waals surface area contributed by atoms with Gasteiger partial charge in [-0.15, -0.1) is 0 Å². The van der Waals surface area contributed by atoms with E-state index in [2.05, 4.69) is 62.4 Å². The Balaban J connectivity index is 0.000000432. The summed E-state index contributed by atoms with van der Waals surface area (Å²) in [5.74, 6) is 0. The largest absolute Gasteiger partial charge is 0.748 e. The first-order chi connectivity index (χ1) is 11.8. The molecule has 0 nitrogen and oxygen atoms in total. The van der Waals surface area contributed by atoms with E-state index in [0.717, 1.165) is 0 Å². The van der Waals surface area contributed by atoms with Crippen LogP contribution in [0.4, 0.5) is 0 Å². The van der Waals surface area contributed by atoms with Crippen LogP contribution in [-0.4, -0.2) is 0 Å². The molecule has 0 heterocycles. The monoisotopic (exact) mass is 424 g/mol. The van der Waals surface area contributed by atoms with Gasteiger partial charge in [-0.05, 0) is 0 Å². The van der Waals surface area contributed by atoms with Gasteiger partial charge in [0.15, 0.2) is 0 Å². The molecule has 0 spiro atoms. The Morgan fingerprint density at radius 2 is 0.846 bits per heavy atom. The van der Waals surface area contributed by atoms with E-state index in [9.17, 15) is 0 Å². The normalized spacial score (nSPS) is 9.92. The Kier molecular flexibility index (Phi) is 13.4. The number of hydrogen-bond acceptors (Lipinski definition) is 0. The Morgan fingerprint density at radius 3 is 1.08 bits per heavy atom. The molecule has 0 amide bonds. The van der Waals surface area contributed by atoms with Crippen LogP contribution in [0.25, 0.3) is 11.1 Å². The minimum atomic E-state index is 0. The van der Waals surface area contributed by atoms with Crippen molar-refractivity contribution < 1.29 is 34.1 Å². The second-order valence-corrected chi connectivity index (χ2v) is 5.52. The summed E-state index contributed by atoms with van der Waals surface area (Å²) in [5, 5.41) is 0. The van der Waals surface area contributed by atoms with Gasteiger partial charge in [-0.25, -0.2) is 12.1 Å². The first-order valence-corrected chi connectivity index (χ1v) is 8.24. The molecule has 4 aromatic rings. The molecular weight excluding hydrogens is 400 g/mol. The summed E-state index contributed by atoms with van der Waals surface area (Å²) in [4.78, 5) is 0. The summed E-state index contributed by atoms with van der Waals surface area (Å²) in [6.07, 6.45) is 0. The summed E-state index contributed by atoms with van der Waals surface area (Å²) in [7, 11) is 0. The fraction of sp³-hybridized carbons (Fsp3) is 0.0833. The molecular formula is C24H24Fe2-8. The third-order valence-electron chi connectivity index (χ3n) is 3.86. The summed E-state index contributed by atoms with van der Waals surface area (Å²) in [6, 6.07) is 36.9. The number of rotatable bonds is 2. The topological polar surface area (TPSA) is 0 Å². The van der Waals surface area contributed by atoms with Gasteiger partial charge in [-0.2, -0.15) is 89.0 Å². The SMILES string of the molecule is CC(=C(C)[c-]1cccc1)[c-]1cccc1.[Fe].[Fe].[cH-]1[cH-][cH-][cH-][cH-]1.c1cc[cH-]c1. The van der Waals surface area contributed by atoms with Crippen LogP contribution in [-0.2, 0) is 34.1 Å². The van der Waals surface area contributed by atoms with Crippen LogP contribution in [0.15, 0.2) is 109 Å². The van der Waals surface area contributed by atoms with Crippen molar-refractivity contribution in [1.29, 1.82) is 0 Å². The molecule has 0 saturated carbocycles. The van der Waals surface area contributed by atoms with Gasteiger partial charge < -0.3 is 30.3 Å². The molecule has 0 radical (unpaired) electrons. The van der Waals surface area contributed by atoms with Crippen LogP contribution >= 0.6 is 0 Å². The summed E-state index contributed by atoms with van der Waals surface area (Å²) >= 11 is 0. The van der Waals surface area contributed by atoms with Crippen LogP contribution in [0.2, 0.25) is 0 Å². The van der Waals surface area contributed by atoms with Crippen LogP contribution in [0, 0.1) is 0 Å². The minimum Gasteiger partial charge on any atom is -0.748 e. The molecule has 0 aliphatic heterocycles. The first kappa shape index (κ1) is 24.2. The first-order valence-electron chi connectivity index (χ1n) is 8.24. The molecule has 2 heteroatoms. The zero-order valence-electron chi connectivity index (χ0n) is 15.1. The molecule has 0 fully saturated rings. The van der Waals surface area contributed by atoms with Crippen molar-refractivity contribution in [3.05, 3.63) is 120 Å². The fourth-order valence-corrected chi connectivity index (χ4v) is 2.32. The van der Waals surface area contributed by atoms with Gasteiger partial charge in [0.25, 0.3) is 0 Å². The van der Waals surface area contributed by atoms with Gasteiger partial charge in [0.2, 0.25) is 0 Å². The summed E-state index contributed by atoms with van der Waals surface area (Å²) in [6.45, 7) is 4.36. The molecule has 0 bridgehead atoms. The van der Waals surface area contributed by atoms with Gasteiger partial charge >= 0.3 is 0 Å². The molecule has 0 saturated heterocycles. The van der Waals surface area contributed by atoms with Gasteiger partial charge in [0.1, 0.15) is 0 Å². The maximum absolute atomic E-state index is 2.18. The average Bonchev–Trinajstić information content (AvgIpc) is 3.41. The van der Waals surface area contributed by atoms with E-state index in [4.69, 9.17) is 0 Å². The van der Waals surface area contributed by atoms with Crippen molar-refractivity contribution in [3.63, 3.8) is 0 Å². The standard InChI is InChI=1S/C14H14.2C5H5.2Fe/c1-11(13-7-3-4-8-13)12(2)14-9-5-6-10-14;2*1-2-4-5-3-1;;/h3-10H,1-2H3;2*1-5H;;/q-2;-5;-1;;. The predicted octanol–water partition coefficient (Wildman–Crippen LogP) is 6.88. The molecule has 4 aromatic carbocycles. The number of hydrogen-bond donors (Lipinski definition) is 0. The van der Waals surface area contributed by atoms with E-state index in [0.29, 0.717) is 0 Å². The van der Waals surface area contributed by atoms with E-state index in [1.54, 1.807) is 0 Å². The average molecular weight is 424 g/mol. The number of allylic oxidation sites excluding steroid dienone is 2. The fourth-order valence-electron chi connectivity index (χ4n) is 2.32. The molecule has 0 aliphatic carbocycles. The Morgan fingerprint density at radius 1 is 0.538 bits per heavy atom. The zero-order chi connectivity index (χ0) is 17.0. The molecule has 0 aromatic heterocycles. The smallest absolute Gasteiger partial charge is 0 e. The second kappa shape index (κ2) is 14.4. The molecule has 0 N–H and O–H groups in total. The Labute approximate surface area is 179 Å². The Bertz CT molecular complexity index is 651. The molecule has 0 aliphatic rings. The van der Waals surface area contributed by atoms with Crippen molar-refractivity contribution in [2.75, 3.05) is 0 Å². The maximum atomic E-state index is 2.18. The summed E-state index contributed by atoms with van der Waals surface area (Å²) in [5.41, 5.74) is 5.37. The van der Waals surface area contributed by atoms with Crippen molar-refractivity contribution in [2.24, 2.45) is 0 Å². The van der Waals surface area contributed by atoms with Crippen molar-refractivity contribution >= 4 is 11.1 Å². The van der Waals surface area contributed by atoms with Gasteiger partial charge in [-0.1, -0.05) is 13.8 Å². The Hall–Kier alpha value is -1.82. The van der Waals surface area contributed by atoms with E-state index < -0.39 is 0 Å². The van der Waals surface area contributed by atoms with Gasteiger partial charge in [0, 0.05) is 34.1 Å². The third kappa shape index (κ3) is 8.52. The van der Waals surface area contributed by atoms with Crippen molar-refractivity contribution in [1.82, 2.24) is 0 Å². The van der Waals surface area contributed by atoms with Crippen molar-refractivity contribution in [2.45, 2.75) is 13.8 Å². The van der Waals surface area contributed by atoms with Crippen LogP contribution in [0.5, 0.6) is 0 Å². The van der Waals surface area contributed by atoms with E-state index >= 15 is 0 Å². The molecule has 26 heavy (non-hydrogen) atoms. The van der Waals surface area contributed by atoms with Gasteiger partial charge in [0.05, 0.1) is 0 Å². The van der Waals surface area contributed by atoms with E-state index in [1.165, 1.54) is 22.3 Å². The van der Waals surface area contributed by atoms with Crippen LogP contribution in [0.3, 0.4) is 0 Å². The van der Waals surface area contributed by atoms with Crippen molar-refractivity contribution in [3.8, 4) is 0 Å². The van der Waals surface area contributed by atoms with Crippen LogP contribution < -0.4 is 0 Å². The predicted molar refractivity (Wildman–Crippen MR) is 106 cm³/mol. The third-order valence-corrected chi connectivity index (χ3v) is 3.86. The van der Waals surface area contributed by atoms with Crippen LogP contribution in [0.1, 0.15) is 25.0 Å². The molecule has 0 unspecified atom stereocenters.